The lowest BCUT2D eigenvalue weighted by molar-refractivity contribution is 0.0319. The van der Waals surface area contributed by atoms with Crippen molar-refractivity contribution in [3.05, 3.63) is 18.0 Å². The molecular formula is C13H21N3OS. The van der Waals surface area contributed by atoms with Crippen LogP contribution < -0.4 is 0 Å². The molecular weight excluding hydrogens is 246 g/mol. The highest BCUT2D eigenvalue weighted by atomic mass is 32.2. The zero-order valence-electron chi connectivity index (χ0n) is 11.0. The summed E-state index contributed by atoms with van der Waals surface area (Å²) in [5.74, 6) is 1.36. The Morgan fingerprint density at radius 2 is 2.17 bits per heavy atom. The van der Waals surface area contributed by atoms with Gasteiger partial charge in [0.2, 0.25) is 0 Å². The van der Waals surface area contributed by atoms with E-state index in [1.165, 1.54) is 0 Å². The molecule has 0 saturated carbocycles. The molecule has 0 amide bonds. The SMILES string of the molecule is CCSc1ncc(CN2CCC(O)C(C)C2)cn1. The molecule has 18 heavy (non-hydrogen) atoms. The van der Waals surface area contributed by atoms with E-state index in [4.69, 9.17) is 0 Å². The Labute approximate surface area is 113 Å². The van der Waals surface area contributed by atoms with Crippen LogP contribution in [-0.2, 0) is 6.54 Å². The van der Waals surface area contributed by atoms with E-state index in [0.717, 1.165) is 42.5 Å². The van der Waals surface area contributed by atoms with Gasteiger partial charge in [-0.3, -0.25) is 4.90 Å². The van der Waals surface area contributed by atoms with Crippen LogP contribution in [-0.4, -0.2) is 44.9 Å². The van der Waals surface area contributed by atoms with E-state index < -0.39 is 0 Å². The first kappa shape index (κ1) is 13.8. The summed E-state index contributed by atoms with van der Waals surface area (Å²) in [6.07, 6.45) is 4.56. The topological polar surface area (TPSA) is 49.2 Å². The molecule has 2 atom stereocenters. The van der Waals surface area contributed by atoms with E-state index in [9.17, 15) is 5.11 Å². The lowest BCUT2D eigenvalue weighted by Crippen LogP contribution is -2.41. The first-order valence-electron chi connectivity index (χ1n) is 6.53. The molecule has 1 aromatic rings. The molecule has 2 rings (SSSR count). The molecule has 1 saturated heterocycles. The van der Waals surface area contributed by atoms with Crippen molar-refractivity contribution in [3.8, 4) is 0 Å². The van der Waals surface area contributed by atoms with Gasteiger partial charge in [-0.15, -0.1) is 0 Å². The monoisotopic (exact) mass is 267 g/mol. The number of hydrogen-bond acceptors (Lipinski definition) is 5. The lowest BCUT2D eigenvalue weighted by atomic mass is 9.96. The molecule has 1 aliphatic heterocycles. The molecule has 1 aliphatic rings. The van der Waals surface area contributed by atoms with Gasteiger partial charge in [0, 0.05) is 37.6 Å². The molecule has 4 nitrogen and oxygen atoms in total. The fourth-order valence-corrected chi connectivity index (χ4v) is 2.76. The smallest absolute Gasteiger partial charge is 0.187 e. The van der Waals surface area contributed by atoms with Crippen molar-refractivity contribution in [1.82, 2.24) is 14.9 Å². The molecule has 2 heterocycles. The van der Waals surface area contributed by atoms with Gasteiger partial charge in [0.05, 0.1) is 6.10 Å². The summed E-state index contributed by atoms with van der Waals surface area (Å²) in [7, 11) is 0. The molecule has 0 bridgehead atoms. The van der Waals surface area contributed by atoms with E-state index in [2.05, 4.69) is 28.7 Å². The molecule has 0 aromatic carbocycles. The number of piperidine rings is 1. The normalized spacial score (nSPS) is 25.3. The Kier molecular flexibility index (Phi) is 4.97. The minimum absolute atomic E-state index is 0.138. The van der Waals surface area contributed by atoms with E-state index in [1.807, 2.05) is 12.4 Å². The molecule has 1 N–H and O–H groups in total. The Balaban J connectivity index is 1.89. The molecule has 0 spiro atoms. The predicted molar refractivity (Wildman–Crippen MR) is 73.5 cm³/mol. The maximum Gasteiger partial charge on any atom is 0.187 e. The zero-order valence-corrected chi connectivity index (χ0v) is 11.9. The Bertz CT molecular complexity index is 371. The van der Waals surface area contributed by atoms with Gasteiger partial charge in [-0.1, -0.05) is 25.6 Å². The van der Waals surface area contributed by atoms with Crippen molar-refractivity contribution < 1.29 is 5.11 Å². The van der Waals surface area contributed by atoms with Gasteiger partial charge in [0.25, 0.3) is 0 Å². The minimum Gasteiger partial charge on any atom is -0.393 e. The van der Waals surface area contributed by atoms with Crippen LogP contribution in [0.3, 0.4) is 0 Å². The molecule has 5 heteroatoms. The second-order valence-corrected chi connectivity index (χ2v) is 6.11. The van der Waals surface area contributed by atoms with Crippen LogP contribution in [0.2, 0.25) is 0 Å². The minimum atomic E-state index is -0.138. The van der Waals surface area contributed by atoms with E-state index in [1.54, 1.807) is 11.8 Å². The van der Waals surface area contributed by atoms with Gasteiger partial charge >= 0.3 is 0 Å². The third-order valence-corrected chi connectivity index (χ3v) is 4.06. The van der Waals surface area contributed by atoms with Crippen molar-refractivity contribution in [2.24, 2.45) is 5.92 Å². The van der Waals surface area contributed by atoms with E-state index >= 15 is 0 Å². The Morgan fingerprint density at radius 1 is 1.44 bits per heavy atom. The molecule has 1 fully saturated rings. The highest BCUT2D eigenvalue weighted by Crippen LogP contribution is 2.18. The van der Waals surface area contributed by atoms with Crippen molar-refractivity contribution >= 4 is 11.8 Å². The number of aliphatic hydroxyl groups excluding tert-OH is 1. The van der Waals surface area contributed by atoms with Crippen molar-refractivity contribution in [3.63, 3.8) is 0 Å². The van der Waals surface area contributed by atoms with Crippen molar-refractivity contribution in [2.45, 2.75) is 38.1 Å². The van der Waals surface area contributed by atoms with Gasteiger partial charge in [-0.2, -0.15) is 0 Å². The van der Waals surface area contributed by atoms with Gasteiger partial charge in [0.1, 0.15) is 0 Å². The van der Waals surface area contributed by atoms with Crippen LogP contribution in [0.25, 0.3) is 0 Å². The second-order valence-electron chi connectivity index (χ2n) is 4.88. The summed E-state index contributed by atoms with van der Waals surface area (Å²) in [6.45, 7) is 6.99. The van der Waals surface area contributed by atoms with Crippen LogP contribution in [0, 0.1) is 5.92 Å². The number of rotatable bonds is 4. The molecule has 100 valence electrons. The number of hydrogen-bond donors (Lipinski definition) is 1. The van der Waals surface area contributed by atoms with Crippen molar-refractivity contribution in [1.29, 1.82) is 0 Å². The summed E-state index contributed by atoms with van der Waals surface area (Å²) in [5, 5.41) is 10.6. The molecule has 2 unspecified atom stereocenters. The fourth-order valence-electron chi connectivity index (χ4n) is 2.25. The van der Waals surface area contributed by atoms with Crippen LogP contribution in [0.5, 0.6) is 0 Å². The van der Waals surface area contributed by atoms with Crippen LogP contribution >= 0.6 is 11.8 Å². The zero-order chi connectivity index (χ0) is 13.0. The maximum absolute atomic E-state index is 9.70. The second kappa shape index (κ2) is 6.50. The van der Waals surface area contributed by atoms with Crippen LogP contribution in [0.4, 0.5) is 0 Å². The Morgan fingerprint density at radius 3 is 2.78 bits per heavy atom. The van der Waals surface area contributed by atoms with E-state index in [-0.39, 0.29) is 6.10 Å². The highest BCUT2D eigenvalue weighted by Gasteiger charge is 2.23. The molecule has 0 radical (unpaired) electrons. The number of likely N-dealkylation sites (tertiary alicyclic amines) is 1. The van der Waals surface area contributed by atoms with Gasteiger partial charge in [-0.05, 0) is 18.1 Å². The number of thioether (sulfide) groups is 1. The number of nitrogens with zero attached hydrogens (tertiary/aromatic N) is 3. The summed E-state index contributed by atoms with van der Waals surface area (Å²) >= 11 is 1.66. The number of aliphatic hydroxyl groups is 1. The van der Waals surface area contributed by atoms with Crippen molar-refractivity contribution in [2.75, 3.05) is 18.8 Å². The summed E-state index contributed by atoms with van der Waals surface area (Å²) < 4.78 is 0. The lowest BCUT2D eigenvalue weighted by Gasteiger charge is -2.34. The third kappa shape index (κ3) is 3.67. The summed E-state index contributed by atoms with van der Waals surface area (Å²) in [5.41, 5.74) is 1.15. The molecule has 0 aliphatic carbocycles. The first-order valence-corrected chi connectivity index (χ1v) is 7.51. The van der Waals surface area contributed by atoms with Gasteiger partial charge < -0.3 is 5.11 Å². The van der Waals surface area contributed by atoms with Gasteiger partial charge in [0.15, 0.2) is 5.16 Å². The maximum atomic E-state index is 9.70. The van der Waals surface area contributed by atoms with Gasteiger partial charge in [-0.25, -0.2) is 9.97 Å². The predicted octanol–water partition coefficient (Wildman–Crippen LogP) is 1.79. The fraction of sp³-hybridized carbons (Fsp3) is 0.692. The largest absolute Gasteiger partial charge is 0.393 e. The average molecular weight is 267 g/mol. The highest BCUT2D eigenvalue weighted by molar-refractivity contribution is 7.99. The third-order valence-electron chi connectivity index (χ3n) is 3.31. The quantitative estimate of drug-likeness (QED) is 0.666. The van der Waals surface area contributed by atoms with E-state index in [0.29, 0.717) is 5.92 Å². The van der Waals surface area contributed by atoms with Crippen LogP contribution in [0.15, 0.2) is 17.6 Å². The molecule has 1 aromatic heterocycles. The Hall–Kier alpha value is -0.650. The standard InChI is InChI=1S/C13H21N3OS/c1-3-18-13-14-6-11(7-15-13)9-16-5-4-12(17)10(2)8-16/h6-7,10,12,17H,3-5,8-9H2,1-2H3. The number of aromatic nitrogens is 2. The summed E-state index contributed by atoms with van der Waals surface area (Å²) in [6, 6.07) is 0. The van der Waals surface area contributed by atoms with Crippen LogP contribution in [0.1, 0.15) is 25.8 Å². The summed E-state index contributed by atoms with van der Waals surface area (Å²) in [4.78, 5) is 11.1. The average Bonchev–Trinajstić information content (AvgIpc) is 2.37. The first-order chi connectivity index (χ1) is 8.69.